The van der Waals surface area contributed by atoms with Crippen LogP contribution in [0.3, 0.4) is 0 Å². The zero-order chi connectivity index (χ0) is 38.2. The quantitative estimate of drug-likeness (QED) is 0.168. The van der Waals surface area contributed by atoms with Gasteiger partial charge in [0, 0.05) is 48.0 Å². The van der Waals surface area contributed by atoms with E-state index in [0.29, 0.717) is 0 Å². The first kappa shape index (κ1) is 33.0. The lowest BCUT2D eigenvalue weighted by molar-refractivity contribution is 0.669. The smallest absolute Gasteiger partial charge is 0.135 e. The molecule has 2 heterocycles. The van der Waals surface area contributed by atoms with Gasteiger partial charge in [-0.15, -0.1) is 11.3 Å². The van der Waals surface area contributed by atoms with E-state index in [-0.39, 0.29) is 0 Å². The lowest BCUT2D eigenvalue weighted by Gasteiger charge is -2.34. The summed E-state index contributed by atoms with van der Waals surface area (Å²) in [4.78, 5) is 2.42. The second-order valence-corrected chi connectivity index (χ2v) is 16.3. The van der Waals surface area contributed by atoms with Crippen LogP contribution in [0.4, 0.5) is 17.1 Å². The Morgan fingerprint density at radius 3 is 1.83 bits per heavy atom. The summed E-state index contributed by atoms with van der Waals surface area (Å²) in [5.74, 6) is 0. The van der Waals surface area contributed by atoms with E-state index in [1.54, 1.807) is 0 Å². The highest BCUT2D eigenvalue weighted by Crippen LogP contribution is 2.57. The molecule has 0 spiro atoms. The van der Waals surface area contributed by atoms with Crippen molar-refractivity contribution in [3.8, 4) is 22.3 Å². The van der Waals surface area contributed by atoms with Crippen molar-refractivity contribution in [1.82, 2.24) is 0 Å². The summed E-state index contributed by atoms with van der Waals surface area (Å²) in [6.07, 6.45) is 0. The standard InChI is InChI=1S/C55H35NOS/c1-3-16-37(17-4-1)55(38-18-5-2-6-19-38)49-26-10-7-21-43(49)47-34-40(29-31-50(47)55)56(41-30-32-52-48(35-41)44-22-8-11-27-51(44)57-52)39-20-13-15-36(33-39)42-24-14-25-46-45-23-9-12-28-53(45)58-54(42)46/h1-35H. The highest BCUT2D eigenvalue weighted by Gasteiger charge is 2.46. The Kier molecular flexibility index (Phi) is 7.35. The summed E-state index contributed by atoms with van der Waals surface area (Å²) in [5, 5.41) is 4.82. The van der Waals surface area contributed by atoms with Gasteiger partial charge in [0.05, 0.1) is 5.41 Å². The third-order valence-electron chi connectivity index (χ3n) is 12.1. The highest BCUT2D eigenvalue weighted by atomic mass is 32.1. The van der Waals surface area contributed by atoms with Crippen molar-refractivity contribution in [3.63, 3.8) is 0 Å². The van der Waals surface area contributed by atoms with Crippen molar-refractivity contribution >= 4 is 70.5 Å². The fourth-order valence-corrected chi connectivity index (χ4v) is 10.9. The zero-order valence-corrected chi connectivity index (χ0v) is 32.3. The van der Waals surface area contributed by atoms with Crippen LogP contribution < -0.4 is 4.90 Å². The second kappa shape index (κ2) is 12.9. The minimum absolute atomic E-state index is 0.463. The Labute approximate surface area is 340 Å². The van der Waals surface area contributed by atoms with Crippen molar-refractivity contribution in [2.24, 2.45) is 0 Å². The maximum Gasteiger partial charge on any atom is 0.135 e. The summed E-state index contributed by atoms with van der Waals surface area (Å²) in [6.45, 7) is 0. The van der Waals surface area contributed by atoms with Gasteiger partial charge in [0.1, 0.15) is 11.2 Å². The maximum absolute atomic E-state index is 6.33. The number of hydrogen-bond acceptors (Lipinski definition) is 3. The van der Waals surface area contributed by atoms with Crippen molar-refractivity contribution in [3.05, 3.63) is 235 Å². The Bertz CT molecular complexity index is 3320. The molecule has 2 aromatic heterocycles. The van der Waals surface area contributed by atoms with Crippen LogP contribution in [0.15, 0.2) is 217 Å². The van der Waals surface area contributed by atoms with E-state index in [4.69, 9.17) is 4.42 Å². The third-order valence-corrected chi connectivity index (χ3v) is 13.4. The van der Waals surface area contributed by atoms with E-state index in [9.17, 15) is 0 Å². The van der Waals surface area contributed by atoms with Gasteiger partial charge in [-0.2, -0.15) is 0 Å². The normalized spacial score (nSPS) is 13.0. The number of hydrogen-bond donors (Lipinski definition) is 0. The summed E-state index contributed by atoms with van der Waals surface area (Å²) in [5.41, 5.74) is 14.6. The Morgan fingerprint density at radius 1 is 0.379 bits per heavy atom. The summed E-state index contributed by atoms with van der Waals surface area (Å²) < 4.78 is 8.95. The van der Waals surface area contributed by atoms with Crippen LogP contribution in [0.1, 0.15) is 22.3 Å². The number of furan rings is 1. The number of nitrogens with zero attached hydrogens (tertiary/aromatic N) is 1. The zero-order valence-electron chi connectivity index (χ0n) is 31.5. The first-order valence-corrected chi connectivity index (χ1v) is 20.6. The molecule has 1 aliphatic rings. The van der Waals surface area contributed by atoms with Crippen LogP contribution in [-0.4, -0.2) is 0 Å². The van der Waals surface area contributed by atoms with Crippen LogP contribution in [0.2, 0.25) is 0 Å². The molecule has 2 nitrogen and oxygen atoms in total. The van der Waals surface area contributed by atoms with Crippen LogP contribution in [0.25, 0.3) is 64.4 Å². The van der Waals surface area contributed by atoms with Gasteiger partial charge in [0.15, 0.2) is 0 Å². The van der Waals surface area contributed by atoms with Gasteiger partial charge in [-0.3, -0.25) is 0 Å². The number of thiophene rings is 1. The minimum atomic E-state index is -0.463. The van der Waals surface area contributed by atoms with Gasteiger partial charge < -0.3 is 9.32 Å². The molecule has 9 aromatic carbocycles. The van der Waals surface area contributed by atoms with Crippen LogP contribution in [-0.2, 0) is 5.41 Å². The lowest BCUT2D eigenvalue weighted by atomic mass is 9.68. The minimum Gasteiger partial charge on any atom is -0.456 e. The molecule has 3 heteroatoms. The molecule has 0 atom stereocenters. The Morgan fingerprint density at radius 2 is 0.983 bits per heavy atom. The van der Waals surface area contributed by atoms with Gasteiger partial charge in [-0.1, -0.05) is 158 Å². The SMILES string of the molecule is c1ccc(C2(c3ccccc3)c3ccccc3-c3cc(N(c4cccc(-c5cccc6c5sc5ccccc56)c4)c4ccc5oc6ccccc6c5c4)ccc32)cc1. The lowest BCUT2D eigenvalue weighted by Crippen LogP contribution is -2.28. The molecule has 0 aliphatic heterocycles. The molecule has 11 aromatic rings. The molecule has 0 unspecified atom stereocenters. The van der Waals surface area contributed by atoms with E-state index in [1.165, 1.54) is 64.7 Å². The molecular weight excluding hydrogens is 723 g/mol. The number of fused-ring (bicyclic) bond motifs is 9. The number of rotatable bonds is 6. The number of benzene rings is 9. The van der Waals surface area contributed by atoms with E-state index < -0.39 is 5.41 Å². The van der Waals surface area contributed by atoms with Gasteiger partial charge in [0.2, 0.25) is 0 Å². The fourth-order valence-electron chi connectivity index (χ4n) is 9.66. The Balaban J connectivity index is 1.10. The highest BCUT2D eigenvalue weighted by molar-refractivity contribution is 7.26. The van der Waals surface area contributed by atoms with Crippen LogP contribution in [0, 0.1) is 0 Å². The first-order valence-electron chi connectivity index (χ1n) is 19.8. The summed E-state index contributed by atoms with van der Waals surface area (Å²) >= 11 is 1.87. The van der Waals surface area contributed by atoms with E-state index in [1.807, 2.05) is 17.4 Å². The predicted molar refractivity (Wildman–Crippen MR) is 244 cm³/mol. The molecule has 0 N–H and O–H groups in total. The molecule has 0 bridgehead atoms. The van der Waals surface area contributed by atoms with Gasteiger partial charge >= 0.3 is 0 Å². The van der Waals surface area contributed by atoms with Crippen molar-refractivity contribution in [1.29, 1.82) is 0 Å². The monoisotopic (exact) mass is 757 g/mol. The largest absolute Gasteiger partial charge is 0.456 e. The first-order chi connectivity index (χ1) is 28.8. The third kappa shape index (κ3) is 4.84. The van der Waals surface area contributed by atoms with Gasteiger partial charge in [0.25, 0.3) is 0 Å². The molecule has 1 aliphatic carbocycles. The predicted octanol–water partition coefficient (Wildman–Crippen LogP) is 15.5. The van der Waals surface area contributed by atoms with Gasteiger partial charge in [-0.25, -0.2) is 0 Å². The molecule has 12 rings (SSSR count). The Hall–Kier alpha value is -7.20. The van der Waals surface area contributed by atoms with Crippen LogP contribution >= 0.6 is 11.3 Å². The van der Waals surface area contributed by atoms with Crippen molar-refractivity contribution in [2.45, 2.75) is 5.41 Å². The van der Waals surface area contributed by atoms with E-state index in [2.05, 4.69) is 211 Å². The fraction of sp³-hybridized carbons (Fsp3) is 0.0182. The number of para-hydroxylation sites is 1. The summed E-state index contributed by atoms with van der Waals surface area (Å²) in [6, 6.07) is 77.6. The molecular formula is C55H35NOS. The molecule has 0 fully saturated rings. The van der Waals surface area contributed by atoms with Crippen LogP contribution in [0.5, 0.6) is 0 Å². The van der Waals surface area contributed by atoms with E-state index >= 15 is 0 Å². The van der Waals surface area contributed by atoms with Crippen molar-refractivity contribution in [2.75, 3.05) is 4.90 Å². The molecule has 272 valence electrons. The van der Waals surface area contributed by atoms with Gasteiger partial charge in [-0.05, 0) is 99.1 Å². The van der Waals surface area contributed by atoms with E-state index in [0.717, 1.165) is 39.0 Å². The molecule has 58 heavy (non-hydrogen) atoms. The molecule has 0 saturated carbocycles. The number of anilines is 3. The summed E-state index contributed by atoms with van der Waals surface area (Å²) in [7, 11) is 0. The molecule has 0 saturated heterocycles. The molecule has 0 amide bonds. The average molecular weight is 758 g/mol. The average Bonchev–Trinajstić information content (AvgIpc) is 3.95. The topological polar surface area (TPSA) is 16.4 Å². The van der Waals surface area contributed by atoms with Crippen molar-refractivity contribution < 1.29 is 4.42 Å². The molecule has 0 radical (unpaired) electrons. The second-order valence-electron chi connectivity index (χ2n) is 15.2. The maximum atomic E-state index is 6.33.